The van der Waals surface area contributed by atoms with Crippen LogP contribution in [0.4, 0.5) is 0 Å². The molecule has 0 atom stereocenters. The fourth-order valence-corrected chi connectivity index (χ4v) is 2.69. The van der Waals surface area contributed by atoms with Gasteiger partial charge in [0.2, 0.25) is 6.41 Å². The number of methoxy groups -OCH3 is 2. The Hall–Kier alpha value is -1.14. The van der Waals surface area contributed by atoms with Crippen LogP contribution in [-0.4, -0.2) is 63.8 Å². The maximum atomic E-state index is 10.6. The molecule has 0 aromatic rings. The van der Waals surface area contributed by atoms with E-state index in [-0.39, 0.29) is 6.29 Å². The number of nitrogens with one attached hydrogen (secondary N) is 1. The number of hydrogen-bond donors (Lipinski definition) is 1. The third kappa shape index (κ3) is 8.91. The summed E-state index contributed by atoms with van der Waals surface area (Å²) in [5.41, 5.74) is 0. The van der Waals surface area contributed by atoms with Gasteiger partial charge in [0.1, 0.15) is 0 Å². The minimum absolute atomic E-state index is 0.0648. The second kappa shape index (κ2) is 12.3. The minimum Gasteiger partial charge on any atom is -0.374 e. The van der Waals surface area contributed by atoms with Gasteiger partial charge in [0.25, 0.3) is 0 Å². The van der Waals surface area contributed by atoms with E-state index in [0.29, 0.717) is 0 Å². The van der Waals surface area contributed by atoms with E-state index in [0.717, 1.165) is 57.8 Å². The van der Waals surface area contributed by atoms with Crippen molar-refractivity contribution in [1.82, 2.24) is 10.2 Å². The van der Waals surface area contributed by atoms with E-state index in [4.69, 9.17) is 0 Å². The fourth-order valence-electron chi connectivity index (χ4n) is 2.69. The molecule has 1 amide bonds. The summed E-state index contributed by atoms with van der Waals surface area (Å²) in [4.78, 5) is 17.1. The average molecular weight is 327 g/mol. The number of rotatable bonds is 6. The lowest BCUT2D eigenvalue weighted by atomic mass is 9.92. The average Bonchev–Trinajstić information content (AvgIpc) is 2.89. The molecule has 2 aliphatic rings. The number of carbonyl (C=O) groups excluding carboxylic acids is 1. The molecule has 0 saturated carbocycles. The van der Waals surface area contributed by atoms with Gasteiger partial charge in [-0.1, -0.05) is 0 Å². The van der Waals surface area contributed by atoms with Gasteiger partial charge in [-0.2, -0.15) is 0 Å². The summed E-state index contributed by atoms with van der Waals surface area (Å²) in [7, 11) is 3.21. The third-order valence-electron chi connectivity index (χ3n) is 4.47. The molecule has 0 spiro atoms. The van der Waals surface area contributed by atoms with Crippen molar-refractivity contribution in [2.24, 2.45) is 10.9 Å². The number of amidine groups is 1. The summed E-state index contributed by atoms with van der Waals surface area (Å²) in [6.07, 6.45) is 8.00. The molecule has 0 aromatic heterocycles. The topological polar surface area (TPSA) is 63.2 Å². The van der Waals surface area contributed by atoms with Crippen molar-refractivity contribution in [3.63, 3.8) is 0 Å². The number of piperidine rings is 1. The number of amides is 1. The van der Waals surface area contributed by atoms with Crippen LogP contribution < -0.4 is 5.32 Å². The number of likely N-dealkylation sites (tertiary alicyclic amines) is 1. The molecule has 2 aliphatic heterocycles. The largest absolute Gasteiger partial charge is 0.374 e. The molecule has 0 unspecified atom stereocenters. The van der Waals surface area contributed by atoms with E-state index in [9.17, 15) is 4.79 Å². The Morgan fingerprint density at radius 1 is 1.30 bits per heavy atom. The molecule has 1 saturated heterocycles. The lowest BCUT2D eigenvalue weighted by Gasteiger charge is -2.29. The van der Waals surface area contributed by atoms with Gasteiger partial charge in [-0.15, -0.1) is 0 Å². The molecular formula is C17H33N3O3. The van der Waals surface area contributed by atoms with Crippen molar-refractivity contribution in [2.45, 2.75) is 51.7 Å². The second-order valence-electron chi connectivity index (χ2n) is 6.12. The molecule has 6 heteroatoms. The Kier molecular flexibility index (Phi) is 10.6. The van der Waals surface area contributed by atoms with Crippen LogP contribution in [0.1, 0.15) is 45.4 Å². The van der Waals surface area contributed by atoms with Gasteiger partial charge in [0, 0.05) is 46.8 Å². The van der Waals surface area contributed by atoms with Crippen LogP contribution in [0.3, 0.4) is 0 Å². The molecule has 23 heavy (non-hydrogen) atoms. The smallest absolute Gasteiger partial charge is 0.209 e. The van der Waals surface area contributed by atoms with Gasteiger partial charge in [-0.25, -0.2) is 0 Å². The SMILES string of the molecule is COC(C)OC.O=CN1CCC(CCC2=NCCCCN2)CC1. The maximum absolute atomic E-state index is 10.6. The van der Waals surface area contributed by atoms with Gasteiger partial charge >= 0.3 is 0 Å². The predicted molar refractivity (Wildman–Crippen MR) is 92.6 cm³/mol. The molecule has 0 aromatic carbocycles. The van der Waals surface area contributed by atoms with Crippen molar-refractivity contribution in [3.05, 3.63) is 0 Å². The van der Waals surface area contributed by atoms with Crippen LogP contribution in [0, 0.1) is 5.92 Å². The molecule has 2 rings (SSSR count). The van der Waals surface area contributed by atoms with Crippen molar-refractivity contribution in [2.75, 3.05) is 40.4 Å². The Labute approximate surface area is 140 Å². The highest BCUT2D eigenvalue weighted by Crippen LogP contribution is 2.21. The summed E-state index contributed by atoms with van der Waals surface area (Å²) < 4.78 is 9.35. The van der Waals surface area contributed by atoms with Crippen LogP contribution in [0.5, 0.6) is 0 Å². The first-order valence-corrected chi connectivity index (χ1v) is 8.71. The van der Waals surface area contributed by atoms with Crippen molar-refractivity contribution < 1.29 is 14.3 Å². The summed E-state index contributed by atoms with van der Waals surface area (Å²) in [5.74, 6) is 1.99. The van der Waals surface area contributed by atoms with E-state index < -0.39 is 0 Å². The number of nitrogens with zero attached hydrogens (tertiary/aromatic N) is 2. The molecular weight excluding hydrogens is 294 g/mol. The summed E-state index contributed by atoms with van der Waals surface area (Å²) >= 11 is 0. The zero-order valence-electron chi connectivity index (χ0n) is 14.9. The first-order valence-electron chi connectivity index (χ1n) is 8.71. The first-order chi connectivity index (χ1) is 11.2. The zero-order valence-corrected chi connectivity index (χ0v) is 14.9. The Morgan fingerprint density at radius 3 is 2.57 bits per heavy atom. The van der Waals surface area contributed by atoms with Gasteiger partial charge in [0.05, 0.1) is 5.84 Å². The van der Waals surface area contributed by atoms with Crippen LogP contribution in [0.15, 0.2) is 4.99 Å². The standard InChI is InChI=1S/C13H23N3O.C4H10O2/c17-11-16-9-5-12(6-10-16)3-4-13-14-7-1-2-8-15-13;1-4(5-2)6-3/h11-12H,1-10H2,(H,14,15);4H,1-3H3. The number of carbonyl (C=O) groups is 1. The van der Waals surface area contributed by atoms with Crippen molar-refractivity contribution >= 4 is 12.2 Å². The fraction of sp³-hybridized carbons (Fsp3) is 0.882. The van der Waals surface area contributed by atoms with Gasteiger partial charge < -0.3 is 19.7 Å². The lowest BCUT2D eigenvalue weighted by molar-refractivity contribution is -0.119. The predicted octanol–water partition coefficient (Wildman–Crippen LogP) is 2.04. The van der Waals surface area contributed by atoms with Crippen molar-refractivity contribution in [3.8, 4) is 0 Å². The summed E-state index contributed by atoms with van der Waals surface area (Å²) in [5, 5.41) is 3.42. The summed E-state index contributed by atoms with van der Waals surface area (Å²) in [6, 6.07) is 0. The molecule has 0 radical (unpaired) electrons. The van der Waals surface area contributed by atoms with E-state index >= 15 is 0 Å². The minimum atomic E-state index is -0.0648. The highest BCUT2D eigenvalue weighted by Gasteiger charge is 2.18. The van der Waals surface area contributed by atoms with E-state index in [1.807, 2.05) is 11.8 Å². The normalized spacial score (nSPS) is 19.3. The monoisotopic (exact) mass is 327 g/mol. The first kappa shape index (κ1) is 19.9. The molecule has 0 bridgehead atoms. The second-order valence-corrected chi connectivity index (χ2v) is 6.12. The number of hydrogen-bond acceptors (Lipinski definition) is 5. The van der Waals surface area contributed by atoms with E-state index in [2.05, 4.69) is 19.8 Å². The van der Waals surface area contributed by atoms with Gasteiger partial charge in [-0.05, 0) is 44.9 Å². The molecule has 2 heterocycles. The quantitative estimate of drug-likeness (QED) is 0.599. The Morgan fingerprint density at radius 2 is 2.00 bits per heavy atom. The molecule has 1 fully saturated rings. The van der Waals surface area contributed by atoms with Crippen LogP contribution >= 0.6 is 0 Å². The maximum Gasteiger partial charge on any atom is 0.209 e. The molecule has 1 N–H and O–H groups in total. The number of ether oxygens (including phenoxy) is 2. The molecule has 134 valence electrons. The van der Waals surface area contributed by atoms with Gasteiger partial charge in [-0.3, -0.25) is 9.79 Å². The Bertz CT molecular complexity index is 338. The van der Waals surface area contributed by atoms with Crippen LogP contribution in [-0.2, 0) is 14.3 Å². The third-order valence-corrected chi connectivity index (χ3v) is 4.47. The molecule has 6 nitrogen and oxygen atoms in total. The molecule has 0 aliphatic carbocycles. The summed E-state index contributed by atoms with van der Waals surface area (Å²) in [6.45, 7) is 5.79. The zero-order chi connectivity index (χ0) is 16.9. The van der Waals surface area contributed by atoms with Crippen LogP contribution in [0.2, 0.25) is 0 Å². The Balaban J connectivity index is 0.000000379. The highest BCUT2D eigenvalue weighted by molar-refractivity contribution is 5.82. The number of aliphatic imine (C=N–C) groups is 1. The van der Waals surface area contributed by atoms with Crippen molar-refractivity contribution in [1.29, 1.82) is 0 Å². The van der Waals surface area contributed by atoms with Crippen LogP contribution in [0.25, 0.3) is 0 Å². The van der Waals surface area contributed by atoms with E-state index in [1.165, 1.54) is 25.1 Å². The van der Waals surface area contributed by atoms with E-state index in [1.54, 1.807) is 14.2 Å². The highest BCUT2D eigenvalue weighted by atomic mass is 16.7. The van der Waals surface area contributed by atoms with Gasteiger partial charge in [0.15, 0.2) is 6.29 Å². The lowest BCUT2D eigenvalue weighted by Crippen LogP contribution is -2.33.